The minimum Gasteiger partial charge on any atom is -0.325 e. The first kappa shape index (κ1) is 16.9. The number of sulfonamides is 1. The zero-order valence-corrected chi connectivity index (χ0v) is 13.0. The van der Waals surface area contributed by atoms with Crippen LogP contribution in [0.5, 0.6) is 0 Å². The van der Waals surface area contributed by atoms with Crippen molar-refractivity contribution in [2.24, 2.45) is 0 Å². The lowest BCUT2D eigenvalue weighted by atomic mass is 10.3. The van der Waals surface area contributed by atoms with Gasteiger partial charge in [-0.25, -0.2) is 17.2 Å². The van der Waals surface area contributed by atoms with E-state index >= 15 is 0 Å². The van der Waals surface area contributed by atoms with Crippen LogP contribution in [0.3, 0.4) is 0 Å². The summed E-state index contributed by atoms with van der Waals surface area (Å²) in [4.78, 5) is 12.0. The Morgan fingerprint density at radius 1 is 1.09 bits per heavy atom. The van der Waals surface area contributed by atoms with E-state index in [4.69, 9.17) is 0 Å². The van der Waals surface area contributed by atoms with Gasteiger partial charge in [0.15, 0.2) is 11.6 Å². The van der Waals surface area contributed by atoms with Gasteiger partial charge in [0, 0.05) is 11.8 Å². The third-order valence-electron chi connectivity index (χ3n) is 2.94. The number of rotatable bonds is 5. The molecule has 1 amide bonds. The van der Waals surface area contributed by atoms with Gasteiger partial charge >= 0.3 is 0 Å². The van der Waals surface area contributed by atoms with Crippen molar-refractivity contribution in [2.75, 3.05) is 22.4 Å². The zero-order valence-electron chi connectivity index (χ0n) is 12.2. The fraction of sp³-hybridized carbons (Fsp3) is 0.133. The zero-order chi connectivity index (χ0) is 17.0. The van der Waals surface area contributed by atoms with Crippen LogP contribution in [0, 0.1) is 11.6 Å². The van der Waals surface area contributed by atoms with E-state index in [1.807, 2.05) is 0 Å². The Labute approximate surface area is 132 Å². The third-order valence-corrected chi connectivity index (χ3v) is 4.08. The molecule has 0 aliphatic heterocycles. The summed E-state index contributed by atoms with van der Waals surface area (Å²) in [5.41, 5.74) is 0.367. The molecule has 2 aromatic carbocycles. The van der Waals surface area contributed by atoms with E-state index in [0.29, 0.717) is 9.99 Å². The first-order valence-corrected chi connectivity index (χ1v) is 8.40. The van der Waals surface area contributed by atoms with Crippen molar-refractivity contribution in [3.8, 4) is 0 Å². The molecule has 0 saturated carbocycles. The lowest BCUT2D eigenvalue weighted by Gasteiger charge is -2.22. The topological polar surface area (TPSA) is 66.5 Å². The number of para-hydroxylation sites is 1. The van der Waals surface area contributed by atoms with Gasteiger partial charge in [-0.05, 0) is 24.3 Å². The van der Waals surface area contributed by atoms with Gasteiger partial charge in [-0.15, -0.1) is 0 Å². The van der Waals surface area contributed by atoms with E-state index in [0.717, 1.165) is 24.5 Å². The molecule has 0 aliphatic carbocycles. The highest BCUT2D eigenvalue weighted by atomic mass is 32.2. The molecule has 0 aromatic heterocycles. The molecule has 0 bridgehead atoms. The monoisotopic (exact) mass is 340 g/mol. The van der Waals surface area contributed by atoms with Gasteiger partial charge in [0.05, 0.1) is 11.9 Å². The number of carbonyl (C=O) groups is 1. The van der Waals surface area contributed by atoms with Crippen molar-refractivity contribution in [2.45, 2.75) is 0 Å². The van der Waals surface area contributed by atoms with Crippen LogP contribution in [0.15, 0.2) is 48.5 Å². The normalized spacial score (nSPS) is 11.1. The molecular weight excluding hydrogens is 326 g/mol. The Bertz CT molecular complexity index is 811. The Morgan fingerprint density at radius 2 is 1.74 bits per heavy atom. The smallest absolute Gasteiger partial charge is 0.245 e. The molecule has 0 fully saturated rings. The summed E-state index contributed by atoms with van der Waals surface area (Å²) in [5, 5.41) is 2.53. The lowest BCUT2D eigenvalue weighted by Crippen LogP contribution is -2.37. The number of hydrogen-bond donors (Lipinski definition) is 1. The number of hydrogen-bond acceptors (Lipinski definition) is 3. The summed E-state index contributed by atoms with van der Waals surface area (Å²) in [6, 6.07) is 11.1. The van der Waals surface area contributed by atoms with E-state index in [2.05, 4.69) is 5.32 Å². The quantitative estimate of drug-likeness (QED) is 0.909. The first-order valence-electron chi connectivity index (χ1n) is 6.55. The van der Waals surface area contributed by atoms with E-state index in [-0.39, 0.29) is 5.69 Å². The highest BCUT2D eigenvalue weighted by molar-refractivity contribution is 7.92. The standard InChI is InChI=1S/C15H14F2N2O3S/c1-23(21,22)19(12-7-8-13(16)14(17)9-12)10-15(20)18-11-5-3-2-4-6-11/h2-9H,10H2,1H3,(H,18,20). The van der Waals surface area contributed by atoms with E-state index < -0.39 is 34.1 Å². The average molecular weight is 340 g/mol. The van der Waals surface area contributed by atoms with Gasteiger partial charge in [-0.3, -0.25) is 9.10 Å². The molecule has 2 aromatic rings. The molecule has 0 unspecified atom stereocenters. The van der Waals surface area contributed by atoms with Crippen LogP contribution >= 0.6 is 0 Å². The number of benzene rings is 2. The molecule has 0 heterocycles. The summed E-state index contributed by atoms with van der Waals surface area (Å²) in [6.45, 7) is -0.557. The molecule has 0 saturated heterocycles. The molecule has 2 rings (SSSR count). The molecular formula is C15H14F2N2O3S. The molecule has 0 aliphatic rings. The van der Waals surface area contributed by atoms with Crippen molar-refractivity contribution in [1.29, 1.82) is 0 Å². The average Bonchev–Trinajstić information content (AvgIpc) is 2.48. The van der Waals surface area contributed by atoms with Crippen LogP contribution in [-0.2, 0) is 14.8 Å². The summed E-state index contributed by atoms with van der Waals surface area (Å²) >= 11 is 0. The second-order valence-corrected chi connectivity index (χ2v) is 6.69. The van der Waals surface area contributed by atoms with E-state index in [1.54, 1.807) is 30.3 Å². The van der Waals surface area contributed by atoms with Gasteiger partial charge in [0.2, 0.25) is 15.9 Å². The maximum Gasteiger partial charge on any atom is 0.245 e. The predicted octanol–water partition coefficient (Wildman–Crippen LogP) is 2.37. The highest BCUT2D eigenvalue weighted by Crippen LogP contribution is 2.20. The third kappa shape index (κ3) is 4.49. The summed E-state index contributed by atoms with van der Waals surface area (Å²) in [5.74, 6) is -2.90. The largest absolute Gasteiger partial charge is 0.325 e. The van der Waals surface area contributed by atoms with Crippen LogP contribution in [0.4, 0.5) is 20.2 Å². The van der Waals surface area contributed by atoms with Crippen LogP contribution in [0.25, 0.3) is 0 Å². The fourth-order valence-electron chi connectivity index (χ4n) is 1.89. The van der Waals surface area contributed by atoms with Crippen LogP contribution in [0.2, 0.25) is 0 Å². The Hall–Kier alpha value is -2.48. The molecule has 5 nitrogen and oxygen atoms in total. The highest BCUT2D eigenvalue weighted by Gasteiger charge is 2.22. The van der Waals surface area contributed by atoms with Gasteiger partial charge in [-0.2, -0.15) is 0 Å². The lowest BCUT2D eigenvalue weighted by molar-refractivity contribution is -0.114. The number of amides is 1. The maximum absolute atomic E-state index is 13.3. The number of carbonyl (C=O) groups excluding carboxylic acids is 1. The number of halogens is 2. The molecule has 0 atom stereocenters. The van der Waals surface area contributed by atoms with Crippen LogP contribution in [0.1, 0.15) is 0 Å². The second kappa shape index (κ2) is 6.74. The van der Waals surface area contributed by atoms with Gasteiger partial charge in [0.1, 0.15) is 6.54 Å². The number of nitrogens with zero attached hydrogens (tertiary/aromatic N) is 1. The van der Waals surface area contributed by atoms with Crippen LogP contribution in [-0.4, -0.2) is 27.1 Å². The van der Waals surface area contributed by atoms with Crippen molar-refractivity contribution in [3.63, 3.8) is 0 Å². The predicted molar refractivity (Wildman–Crippen MR) is 83.6 cm³/mol. The number of nitrogens with one attached hydrogen (secondary N) is 1. The summed E-state index contributed by atoms with van der Waals surface area (Å²) in [6.07, 6.45) is 0.879. The minimum atomic E-state index is -3.85. The molecule has 8 heteroatoms. The summed E-state index contributed by atoms with van der Waals surface area (Å²) < 4.78 is 50.7. The van der Waals surface area contributed by atoms with E-state index in [1.165, 1.54) is 0 Å². The second-order valence-electron chi connectivity index (χ2n) is 4.78. The number of anilines is 2. The molecule has 1 N–H and O–H groups in total. The fourth-order valence-corrected chi connectivity index (χ4v) is 2.74. The van der Waals surface area contributed by atoms with Crippen molar-refractivity contribution in [1.82, 2.24) is 0 Å². The molecule has 0 radical (unpaired) electrons. The van der Waals surface area contributed by atoms with Crippen molar-refractivity contribution in [3.05, 3.63) is 60.2 Å². The summed E-state index contributed by atoms with van der Waals surface area (Å²) in [7, 11) is -3.85. The van der Waals surface area contributed by atoms with Gasteiger partial charge < -0.3 is 5.32 Å². The SMILES string of the molecule is CS(=O)(=O)N(CC(=O)Nc1ccccc1)c1ccc(F)c(F)c1. The Kier molecular flexibility index (Phi) is 4.95. The van der Waals surface area contributed by atoms with E-state index in [9.17, 15) is 22.0 Å². The molecule has 0 spiro atoms. The van der Waals surface area contributed by atoms with Crippen molar-refractivity contribution < 1.29 is 22.0 Å². The Balaban J connectivity index is 2.23. The molecule has 122 valence electrons. The minimum absolute atomic E-state index is 0.130. The van der Waals surface area contributed by atoms with Crippen LogP contribution < -0.4 is 9.62 Å². The van der Waals surface area contributed by atoms with Gasteiger partial charge in [-0.1, -0.05) is 18.2 Å². The maximum atomic E-state index is 13.3. The van der Waals surface area contributed by atoms with Gasteiger partial charge in [0.25, 0.3) is 0 Å². The molecule has 23 heavy (non-hydrogen) atoms. The first-order chi connectivity index (χ1) is 10.8. The Morgan fingerprint density at radius 3 is 2.30 bits per heavy atom. The van der Waals surface area contributed by atoms with Crippen molar-refractivity contribution >= 4 is 27.3 Å².